The van der Waals surface area contributed by atoms with Crippen LogP contribution in [0.1, 0.15) is 39.9 Å². The standard InChI is InChI=1S/C17H24N2O2S2/c1-7-16-18-15(10-22-16)9-19(6)23(20,21)17-13(4)11(2)8-12(3)14(17)5/h8,10H,7,9H2,1-6H3. The fraction of sp³-hybridized carbons (Fsp3) is 0.471. The Morgan fingerprint density at radius 3 is 2.17 bits per heavy atom. The monoisotopic (exact) mass is 352 g/mol. The van der Waals surface area contributed by atoms with Crippen LogP contribution in [0.3, 0.4) is 0 Å². The van der Waals surface area contributed by atoms with Gasteiger partial charge < -0.3 is 0 Å². The summed E-state index contributed by atoms with van der Waals surface area (Å²) in [5.41, 5.74) is 4.46. The van der Waals surface area contributed by atoms with Crippen LogP contribution in [-0.2, 0) is 23.0 Å². The fourth-order valence-corrected chi connectivity index (χ4v) is 5.07. The van der Waals surface area contributed by atoms with Crippen LogP contribution in [-0.4, -0.2) is 24.8 Å². The second-order valence-electron chi connectivity index (χ2n) is 5.94. The van der Waals surface area contributed by atoms with Gasteiger partial charge in [-0.05, 0) is 56.4 Å². The molecule has 0 aliphatic carbocycles. The Hall–Kier alpha value is -1.24. The summed E-state index contributed by atoms with van der Waals surface area (Å²) in [4.78, 5) is 4.90. The number of hydrogen-bond acceptors (Lipinski definition) is 4. The lowest BCUT2D eigenvalue weighted by Crippen LogP contribution is -2.28. The van der Waals surface area contributed by atoms with Gasteiger partial charge in [-0.1, -0.05) is 13.0 Å². The van der Waals surface area contributed by atoms with Crippen molar-refractivity contribution < 1.29 is 8.42 Å². The quantitative estimate of drug-likeness (QED) is 0.823. The lowest BCUT2D eigenvalue weighted by atomic mass is 10.0. The molecule has 0 fully saturated rings. The predicted molar refractivity (Wildman–Crippen MR) is 95.5 cm³/mol. The van der Waals surface area contributed by atoms with Crippen LogP contribution >= 0.6 is 11.3 Å². The second kappa shape index (κ2) is 6.71. The molecule has 0 spiro atoms. The number of nitrogens with zero attached hydrogens (tertiary/aromatic N) is 2. The molecule has 6 heteroatoms. The topological polar surface area (TPSA) is 50.3 Å². The molecule has 1 heterocycles. The third kappa shape index (κ3) is 3.49. The number of sulfonamides is 1. The summed E-state index contributed by atoms with van der Waals surface area (Å²) in [5.74, 6) is 0. The molecule has 0 bridgehead atoms. The minimum Gasteiger partial charge on any atom is -0.245 e. The van der Waals surface area contributed by atoms with Crippen molar-refractivity contribution in [2.45, 2.75) is 52.5 Å². The summed E-state index contributed by atoms with van der Waals surface area (Å²) in [7, 11) is -1.92. The maximum atomic E-state index is 13.1. The van der Waals surface area contributed by atoms with E-state index < -0.39 is 10.0 Å². The Balaban J connectivity index is 2.42. The molecule has 1 aromatic carbocycles. The molecule has 0 N–H and O–H groups in total. The van der Waals surface area contributed by atoms with Gasteiger partial charge in [0.2, 0.25) is 10.0 Å². The van der Waals surface area contributed by atoms with E-state index >= 15 is 0 Å². The van der Waals surface area contributed by atoms with Crippen LogP contribution < -0.4 is 0 Å². The molecule has 126 valence electrons. The lowest BCUT2D eigenvalue weighted by molar-refractivity contribution is 0.461. The molecule has 0 aliphatic heterocycles. The van der Waals surface area contributed by atoms with E-state index in [0.717, 1.165) is 39.4 Å². The van der Waals surface area contributed by atoms with Gasteiger partial charge in [-0.2, -0.15) is 4.31 Å². The highest BCUT2D eigenvalue weighted by Crippen LogP contribution is 2.29. The Labute approximate surface area is 143 Å². The minimum atomic E-state index is -3.54. The maximum absolute atomic E-state index is 13.1. The van der Waals surface area contributed by atoms with E-state index in [4.69, 9.17) is 0 Å². The first kappa shape index (κ1) is 18.1. The summed E-state index contributed by atoms with van der Waals surface area (Å²) >= 11 is 1.58. The number of thiazole rings is 1. The fourth-order valence-electron chi connectivity index (χ4n) is 2.62. The number of aryl methyl sites for hydroxylation is 3. The highest BCUT2D eigenvalue weighted by molar-refractivity contribution is 7.89. The van der Waals surface area contributed by atoms with Crippen LogP contribution in [0.4, 0.5) is 0 Å². The van der Waals surface area contributed by atoms with Crippen molar-refractivity contribution in [1.82, 2.24) is 9.29 Å². The third-order valence-corrected chi connectivity index (χ3v) is 7.37. The molecule has 1 aromatic heterocycles. The van der Waals surface area contributed by atoms with E-state index in [9.17, 15) is 8.42 Å². The Morgan fingerprint density at radius 2 is 1.70 bits per heavy atom. The van der Waals surface area contributed by atoms with Gasteiger partial charge in [0.25, 0.3) is 0 Å². The van der Waals surface area contributed by atoms with Crippen LogP contribution in [0.15, 0.2) is 16.3 Å². The maximum Gasteiger partial charge on any atom is 0.243 e. The van der Waals surface area contributed by atoms with Crippen molar-refractivity contribution in [3.05, 3.63) is 44.4 Å². The van der Waals surface area contributed by atoms with Crippen molar-refractivity contribution in [3.8, 4) is 0 Å². The van der Waals surface area contributed by atoms with Gasteiger partial charge >= 0.3 is 0 Å². The Bertz CT molecular complexity index is 797. The van der Waals surface area contributed by atoms with Crippen LogP contribution in [0, 0.1) is 27.7 Å². The summed E-state index contributed by atoms with van der Waals surface area (Å²) in [6.07, 6.45) is 0.871. The second-order valence-corrected chi connectivity index (χ2v) is 8.86. The van der Waals surface area contributed by atoms with E-state index in [2.05, 4.69) is 4.98 Å². The molecule has 0 radical (unpaired) electrons. The predicted octanol–water partition coefficient (Wildman–Crippen LogP) is 3.76. The van der Waals surface area contributed by atoms with E-state index in [1.165, 1.54) is 4.31 Å². The average molecular weight is 353 g/mol. The van der Waals surface area contributed by atoms with Gasteiger partial charge in [0.05, 0.1) is 22.1 Å². The van der Waals surface area contributed by atoms with Crippen molar-refractivity contribution in [2.24, 2.45) is 0 Å². The minimum absolute atomic E-state index is 0.296. The normalized spacial score (nSPS) is 12.1. The van der Waals surface area contributed by atoms with Crippen molar-refractivity contribution >= 4 is 21.4 Å². The summed E-state index contributed by atoms with van der Waals surface area (Å²) < 4.78 is 27.5. The number of benzene rings is 1. The molecule has 0 saturated heterocycles. The SMILES string of the molecule is CCc1nc(CN(C)S(=O)(=O)c2c(C)c(C)cc(C)c2C)cs1. The van der Waals surface area contributed by atoms with Gasteiger partial charge in [0.1, 0.15) is 0 Å². The molecule has 0 aliphatic rings. The molecular weight excluding hydrogens is 328 g/mol. The van der Waals surface area contributed by atoms with E-state index in [0.29, 0.717) is 11.4 Å². The first-order chi connectivity index (χ1) is 10.7. The zero-order valence-electron chi connectivity index (χ0n) is 14.6. The zero-order valence-corrected chi connectivity index (χ0v) is 16.2. The number of hydrogen-bond donors (Lipinski definition) is 0. The van der Waals surface area contributed by atoms with Gasteiger partial charge in [0.15, 0.2) is 0 Å². The van der Waals surface area contributed by atoms with E-state index in [1.54, 1.807) is 18.4 Å². The molecule has 0 saturated carbocycles. The van der Waals surface area contributed by atoms with Crippen LogP contribution in [0.25, 0.3) is 0 Å². The molecule has 0 unspecified atom stereocenters. The summed E-state index contributed by atoms with van der Waals surface area (Å²) in [5, 5.41) is 2.97. The molecule has 2 rings (SSSR count). The Morgan fingerprint density at radius 1 is 1.13 bits per heavy atom. The molecule has 23 heavy (non-hydrogen) atoms. The highest BCUT2D eigenvalue weighted by atomic mass is 32.2. The largest absolute Gasteiger partial charge is 0.245 e. The van der Waals surface area contributed by atoms with Crippen LogP contribution in [0.5, 0.6) is 0 Å². The number of aromatic nitrogens is 1. The molecular formula is C17H24N2O2S2. The summed E-state index contributed by atoms with van der Waals surface area (Å²) in [6, 6.07) is 2.04. The van der Waals surface area contributed by atoms with Crippen molar-refractivity contribution in [2.75, 3.05) is 7.05 Å². The Kier molecular flexibility index (Phi) is 5.28. The third-order valence-electron chi connectivity index (χ3n) is 4.25. The van der Waals surface area contributed by atoms with Gasteiger partial charge in [-0.15, -0.1) is 11.3 Å². The van der Waals surface area contributed by atoms with Crippen molar-refractivity contribution in [3.63, 3.8) is 0 Å². The average Bonchev–Trinajstić information content (AvgIpc) is 2.93. The molecule has 0 atom stereocenters. The summed E-state index contributed by atoms with van der Waals surface area (Å²) in [6.45, 7) is 10.0. The van der Waals surface area contributed by atoms with E-state index in [-0.39, 0.29) is 0 Å². The number of rotatable bonds is 5. The molecule has 2 aromatic rings. The zero-order chi connectivity index (χ0) is 17.4. The van der Waals surface area contributed by atoms with E-state index in [1.807, 2.05) is 46.1 Å². The molecule has 0 amide bonds. The first-order valence-corrected chi connectivity index (χ1v) is 9.97. The highest BCUT2D eigenvalue weighted by Gasteiger charge is 2.27. The molecule has 4 nitrogen and oxygen atoms in total. The van der Waals surface area contributed by atoms with Gasteiger partial charge in [-0.25, -0.2) is 13.4 Å². The lowest BCUT2D eigenvalue weighted by Gasteiger charge is -2.21. The van der Waals surface area contributed by atoms with Gasteiger partial charge in [-0.3, -0.25) is 0 Å². The van der Waals surface area contributed by atoms with Crippen molar-refractivity contribution in [1.29, 1.82) is 0 Å². The first-order valence-electron chi connectivity index (χ1n) is 7.65. The van der Waals surface area contributed by atoms with Gasteiger partial charge in [0, 0.05) is 12.4 Å². The smallest absolute Gasteiger partial charge is 0.243 e. The van der Waals surface area contributed by atoms with Crippen LogP contribution in [0.2, 0.25) is 0 Å².